The molecule has 0 spiro atoms. The molecule has 1 aliphatic rings. The normalized spacial score (nSPS) is 17.2. The van der Waals surface area contributed by atoms with Gasteiger partial charge in [0.25, 0.3) is 0 Å². The van der Waals surface area contributed by atoms with E-state index >= 15 is 0 Å². The summed E-state index contributed by atoms with van der Waals surface area (Å²) in [6, 6.07) is 28.2. The number of benzene rings is 3. The second kappa shape index (κ2) is 12.3. The number of aliphatic imine (C=N–C) groups is 1. The zero-order chi connectivity index (χ0) is 25.5. The van der Waals surface area contributed by atoms with E-state index in [0.29, 0.717) is 10.9 Å². The van der Waals surface area contributed by atoms with Gasteiger partial charge in [0.1, 0.15) is 0 Å². The monoisotopic (exact) mass is 520 g/mol. The highest BCUT2D eigenvalue weighted by Gasteiger charge is 2.36. The molecule has 1 saturated carbocycles. The molecule has 0 aliphatic heterocycles. The van der Waals surface area contributed by atoms with Crippen LogP contribution in [0.4, 0.5) is 0 Å². The zero-order valence-electron chi connectivity index (χ0n) is 21.5. The summed E-state index contributed by atoms with van der Waals surface area (Å²) in [4.78, 5) is 5.49. The molecular formula is C31H37ClN2OS. The molecule has 4 rings (SSSR count). The molecule has 0 unspecified atom stereocenters. The van der Waals surface area contributed by atoms with Crippen molar-refractivity contribution in [2.45, 2.75) is 69.7 Å². The lowest BCUT2D eigenvalue weighted by Gasteiger charge is -2.37. The van der Waals surface area contributed by atoms with E-state index < -0.39 is 11.0 Å². The average Bonchev–Trinajstić information content (AvgIpc) is 2.90. The maximum Gasteiger partial charge on any atom is 0.0973 e. The van der Waals surface area contributed by atoms with Crippen molar-refractivity contribution in [2.75, 3.05) is 0 Å². The Hall–Kier alpha value is -2.27. The average molecular weight is 521 g/mol. The molecule has 1 N–H and O–H groups in total. The van der Waals surface area contributed by atoms with Crippen LogP contribution in [0.1, 0.15) is 75.6 Å². The topological polar surface area (TPSA) is 41.5 Å². The van der Waals surface area contributed by atoms with Crippen LogP contribution in [0.25, 0.3) is 0 Å². The van der Waals surface area contributed by atoms with Crippen LogP contribution in [-0.4, -0.2) is 20.7 Å². The van der Waals surface area contributed by atoms with Crippen LogP contribution in [0.15, 0.2) is 89.9 Å². The fraction of sp³-hybridized carbons (Fsp3) is 0.387. The molecule has 1 fully saturated rings. The second-order valence-corrected chi connectivity index (χ2v) is 13.0. The van der Waals surface area contributed by atoms with E-state index in [1.165, 1.54) is 19.3 Å². The minimum atomic E-state index is -1.24. The molecule has 0 aromatic heterocycles. The van der Waals surface area contributed by atoms with Gasteiger partial charge >= 0.3 is 0 Å². The van der Waals surface area contributed by atoms with Crippen LogP contribution in [0.5, 0.6) is 0 Å². The van der Waals surface area contributed by atoms with Crippen LogP contribution in [-0.2, 0) is 11.0 Å². The molecule has 1 aliphatic carbocycles. The fourth-order valence-corrected chi connectivity index (χ4v) is 6.09. The fourth-order valence-electron chi connectivity index (χ4n) is 4.92. The van der Waals surface area contributed by atoms with E-state index in [4.69, 9.17) is 16.6 Å². The number of nitrogens with one attached hydrogen (secondary N) is 1. The molecule has 5 heteroatoms. The molecule has 0 bridgehead atoms. The lowest BCUT2D eigenvalue weighted by Crippen LogP contribution is -2.47. The number of rotatable bonds is 8. The molecule has 3 atom stereocenters. The predicted molar refractivity (Wildman–Crippen MR) is 154 cm³/mol. The summed E-state index contributed by atoms with van der Waals surface area (Å²) in [7, 11) is -1.24. The first-order chi connectivity index (χ1) is 17.3. The van der Waals surface area contributed by atoms with E-state index in [2.05, 4.69) is 35.1 Å². The summed E-state index contributed by atoms with van der Waals surface area (Å²) in [5.74, 6) is 0.364. The Labute approximate surface area is 224 Å². The highest BCUT2D eigenvalue weighted by Crippen LogP contribution is 2.38. The minimum absolute atomic E-state index is 0.104. The summed E-state index contributed by atoms with van der Waals surface area (Å²) in [5, 5.41) is 0.691. The van der Waals surface area contributed by atoms with Crippen molar-refractivity contribution in [3.63, 3.8) is 0 Å². The molecule has 0 amide bonds. The second-order valence-electron chi connectivity index (χ2n) is 10.6. The van der Waals surface area contributed by atoms with Crippen LogP contribution < -0.4 is 4.72 Å². The summed E-state index contributed by atoms with van der Waals surface area (Å²) in [6.07, 6.45) is 5.83. The van der Waals surface area contributed by atoms with Crippen molar-refractivity contribution in [2.24, 2.45) is 10.9 Å². The Morgan fingerprint density at radius 1 is 0.861 bits per heavy atom. The van der Waals surface area contributed by atoms with E-state index in [1.54, 1.807) is 0 Å². The van der Waals surface area contributed by atoms with E-state index in [0.717, 1.165) is 35.2 Å². The van der Waals surface area contributed by atoms with Crippen molar-refractivity contribution >= 4 is 28.3 Å². The van der Waals surface area contributed by atoms with Crippen molar-refractivity contribution < 1.29 is 4.21 Å². The third-order valence-electron chi connectivity index (χ3n) is 6.88. The maximum absolute atomic E-state index is 13.5. The summed E-state index contributed by atoms with van der Waals surface area (Å²) in [5.41, 5.74) is 4.00. The SMILES string of the molecule is CC(C)(C)[S@@](=O)N[C@H](C1CCCCC1)[C@@H](N=C(c1ccccc1)c1ccccc1)c1ccccc1Cl. The maximum atomic E-state index is 13.5. The highest BCUT2D eigenvalue weighted by molar-refractivity contribution is 7.84. The molecule has 3 aromatic rings. The quantitative estimate of drug-likeness (QED) is 0.301. The van der Waals surface area contributed by atoms with E-state index in [9.17, 15) is 4.21 Å². The van der Waals surface area contributed by atoms with Gasteiger partial charge in [-0.25, -0.2) is 8.93 Å². The van der Waals surface area contributed by atoms with Gasteiger partial charge in [-0.1, -0.05) is 110 Å². The first-order valence-electron chi connectivity index (χ1n) is 13.0. The van der Waals surface area contributed by atoms with Gasteiger partial charge in [0.2, 0.25) is 0 Å². The lowest BCUT2D eigenvalue weighted by atomic mass is 9.80. The summed E-state index contributed by atoms with van der Waals surface area (Å²) in [6.45, 7) is 6.05. The van der Waals surface area contributed by atoms with Crippen LogP contribution >= 0.6 is 11.6 Å². The molecular weight excluding hydrogens is 484 g/mol. The van der Waals surface area contributed by atoms with Crippen LogP contribution in [0.2, 0.25) is 5.02 Å². The zero-order valence-corrected chi connectivity index (χ0v) is 23.1. The van der Waals surface area contributed by atoms with Gasteiger partial charge in [0.05, 0.1) is 27.5 Å². The summed E-state index contributed by atoms with van der Waals surface area (Å²) >= 11 is 6.83. The molecule has 0 saturated heterocycles. The lowest BCUT2D eigenvalue weighted by molar-refractivity contribution is 0.266. The van der Waals surface area contributed by atoms with Gasteiger partial charge in [0, 0.05) is 22.2 Å². The third-order valence-corrected chi connectivity index (χ3v) is 8.83. The summed E-state index contributed by atoms with van der Waals surface area (Å²) < 4.78 is 16.7. The van der Waals surface area contributed by atoms with Crippen molar-refractivity contribution in [1.82, 2.24) is 4.72 Å². The van der Waals surface area contributed by atoms with Crippen LogP contribution in [0, 0.1) is 5.92 Å². The molecule has 36 heavy (non-hydrogen) atoms. The van der Waals surface area contributed by atoms with Gasteiger partial charge in [0.15, 0.2) is 0 Å². The molecule has 3 nitrogen and oxygen atoms in total. The number of halogens is 1. The Bertz CT molecular complexity index is 1130. The highest BCUT2D eigenvalue weighted by atomic mass is 35.5. The van der Waals surface area contributed by atoms with Crippen LogP contribution in [0.3, 0.4) is 0 Å². The first-order valence-corrected chi connectivity index (χ1v) is 14.5. The largest absolute Gasteiger partial charge is 0.274 e. The minimum Gasteiger partial charge on any atom is -0.274 e. The Kier molecular flexibility index (Phi) is 9.16. The first kappa shape index (κ1) is 26.8. The van der Waals surface area contributed by atoms with Crippen molar-refractivity contribution in [3.8, 4) is 0 Å². The third kappa shape index (κ3) is 6.73. The Balaban J connectivity index is 1.90. The molecule has 0 radical (unpaired) electrons. The Morgan fingerprint density at radius 3 is 1.92 bits per heavy atom. The predicted octanol–water partition coefficient (Wildman–Crippen LogP) is 7.92. The van der Waals surface area contributed by atoms with Gasteiger partial charge in [-0.05, 0) is 51.2 Å². The smallest absolute Gasteiger partial charge is 0.0973 e. The molecule has 190 valence electrons. The van der Waals surface area contributed by atoms with Crippen molar-refractivity contribution in [1.29, 1.82) is 0 Å². The van der Waals surface area contributed by atoms with E-state index in [1.807, 2.05) is 75.4 Å². The van der Waals surface area contributed by atoms with Crippen molar-refractivity contribution in [3.05, 3.63) is 107 Å². The van der Waals surface area contributed by atoms with Gasteiger partial charge in [-0.15, -0.1) is 0 Å². The van der Waals surface area contributed by atoms with Gasteiger partial charge < -0.3 is 0 Å². The van der Waals surface area contributed by atoms with E-state index in [-0.39, 0.29) is 16.8 Å². The number of hydrogen-bond acceptors (Lipinski definition) is 2. The standard InChI is InChI=1S/C31H37ClN2OS/c1-31(2,3)36(35)34-29(25-19-11-6-12-20-25)30(26-21-13-14-22-27(26)32)33-28(23-15-7-4-8-16-23)24-17-9-5-10-18-24/h4-5,7-10,13-18,21-22,25,29-30,34H,6,11-12,19-20H2,1-3H3/t29-,30+,36-/m1/s1. The number of hydrogen-bond donors (Lipinski definition) is 1. The van der Waals surface area contributed by atoms with Gasteiger partial charge in [-0.2, -0.15) is 0 Å². The number of nitrogens with zero attached hydrogens (tertiary/aromatic N) is 1. The Morgan fingerprint density at radius 2 is 1.39 bits per heavy atom. The molecule has 0 heterocycles. The molecule has 3 aromatic carbocycles. The van der Waals surface area contributed by atoms with Gasteiger partial charge in [-0.3, -0.25) is 4.99 Å².